The van der Waals surface area contributed by atoms with Gasteiger partial charge in [0.2, 0.25) is 0 Å². The van der Waals surface area contributed by atoms with Gasteiger partial charge in [0.05, 0.1) is 29.3 Å². The van der Waals surface area contributed by atoms with Gasteiger partial charge in [0.15, 0.2) is 0 Å². The molecule has 7 heteroatoms. The molecule has 140 valence electrons. The average Bonchev–Trinajstić information content (AvgIpc) is 3.27. The fraction of sp³-hybridized carbons (Fsp3) is 0.632. The van der Waals surface area contributed by atoms with Crippen molar-refractivity contribution in [2.24, 2.45) is 0 Å². The second-order valence-corrected chi connectivity index (χ2v) is 7.59. The Hall–Kier alpha value is -2.15. The Kier molecular flexibility index (Phi) is 4.34. The van der Waals surface area contributed by atoms with E-state index in [1.54, 1.807) is 6.20 Å². The van der Waals surface area contributed by atoms with Crippen LogP contribution in [0.15, 0.2) is 12.5 Å². The van der Waals surface area contributed by atoms with Gasteiger partial charge in [0, 0.05) is 44.0 Å². The molecule has 4 rings (SSSR count). The second kappa shape index (κ2) is 6.54. The van der Waals surface area contributed by atoms with E-state index in [0.717, 1.165) is 63.1 Å². The van der Waals surface area contributed by atoms with E-state index in [1.807, 2.05) is 22.8 Å². The molecule has 0 aliphatic carbocycles. The van der Waals surface area contributed by atoms with Crippen molar-refractivity contribution in [1.82, 2.24) is 29.5 Å². The summed E-state index contributed by atoms with van der Waals surface area (Å²) in [7, 11) is 2.19. The number of H-pyrrole nitrogens is 1. The van der Waals surface area contributed by atoms with E-state index in [9.17, 15) is 4.79 Å². The summed E-state index contributed by atoms with van der Waals surface area (Å²) >= 11 is 0. The van der Waals surface area contributed by atoms with E-state index in [2.05, 4.69) is 33.9 Å². The third-order valence-corrected chi connectivity index (χ3v) is 6.23. The van der Waals surface area contributed by atoms with Crippen molar-refractivity contribution in [2.75, 3.05) is 26.7 Å². The third-order valence-electron chi connectivity index (χ3n) is 6.23. The zero-order valence-electron chi connectivity index (χ0n) is 16.0. The SMILES string of the molecule is CCCn1ncc(C(=O)N2CCC3(CC2)c2nc[nH]c2CCN3C)c1C. The molecule has 0 radical (unpaired) electrons. The normalized spacial score (nSPS) is 19.7. The quantitative estimate of drug-likeness (QED) is 0.912. The van der Waals surface area contributed by atoms with Crippen LogP contribution < -0.4 is 0 Å². The monoisotopic (exact) mass is 356 g/mol. The van der Waals surface area contributed by atoms with Crippen molar-refractivity contribution in [2.45, 2.75) is 51.6 Å². The lowest BCUT2D eigenvalue weighted by Crippen LogP contribution is -2.55. The largest absolute Gasteiger partial charge is 0.348 e. The lowest BCUT2D eigenvalue weighted by atomic mass is 9.79. The van der Waals surface area contributed by atoms with Crippen LogP contribution in [0.5, 0.6) is 0 Å². The number of fused-ring (bicyclic) bond motifs is 2. The first kappa shape index (κ1) is 17.3. The number of likely N-dealkylation sites (N-methyl/N-ethyl adjacent to an activating group) is 1. The number of aromatic amines is 1. The molecule has 0 atom stereocenters. The molecule has 1 amide bonds. The molecular weight excluding hydrogens is 328 g/mol. The van der Waals surface area contributed by atoms with Crippen LogP contribution in [0.1, 0.15) is 53.6 Å². The molecule has 0 saturated carbocycles. The van der Waals surface area contributed by atoms with Crippen LogP contribution in [-0.4, -0.2) is 62.1 Å². The number of carbonyl (C=O) groups excluding carboxylic acids is 1. The zero-order valence-corrected chi connectivity index (χ0v) is 16.0. The van der Waals surface area contributed by atoms with Gasteiger partial charge in [-0.15, -0.1) is 0 Å². The minimum atomic E-state index is -0.0359. The number of aromatic nitrogens is 4. The van der Waals surface area contributed by atoms with Crippen molar-refractivity contribution in [1.29, 1.82) is 0 Å². The molecule has 1 saturated heterocycles. The topological polar surface area (TPSA) is 70.0 Å². The first-order valence-electron chi connectivity index (χ1n) is 9.62. The van der Waals surface area contributed by atoms with Crippen molar-refractivity contribution >= 4 is 5.91 Å². The third kappa shape index (κ3) is 2.57. The zero-order chi connectivity index (χ0) is 18.3. The highest BCUT2D eigenvalue weighted by molar-refractivity contribution is 5.95. The number of nitrogens with one attached hydrogen (secondary N) is 1. The smallest absolute Gasteiger partial charge is 0.257 e. The van der Waals surface area contributed by atoms with Gasteiger partial charge in [0.1, 0.15) is 0 Å². The molecule has 7 nitrogen and oxygen atoms in total. The maximum atomic E-state index is 13.0. The molecule has 0 aromatic carbocycles. The second-order valence-electron chi connectivity index (χ2n) is 7.59. The maximum absolute atomic E-state index is 13.0. The first-order chi connectivity index (χ1) is 12.6. The van der Waals surface area contributed by atoms with Gasteiger partial charge in [-0.1, -0.05) is 6.92 Å². The lowest BCUT2D eigenvalue weighted by molar-refractivity contribution is 0.0225. The van der Waals surface area contributed by atoms with Crippen LogP contribution >= 0.6 is 0 Å². The van der Waals surface area contributed by atoms with Crippen molar-refractivity contribution < 1.29 is 4.79 Å². The van der Waals surface area contributed by atoms with Crippen LogP contribution in [0.2, 0.25) is 0 Å². The van der Waals surface area contributed by atoms with Crippen LogP contribution in [0.3, 0.4) is 0 Å². The number of hydrogen-bond donors (Lipinski definition) is 1. The number of imidazole rings is 1. The Balaban J connectivity index is 1.52. The Morgan fingerprint density at radius 1 is 1.31 bits per heavy atom. The number of hydrogen-bond acceptors (Lipinski definition) is 4. The molecule has 1 spiro atoms. The van der Waals surface area contributed by atoms with Crippen molar-refractivity contribution in [3.8, 4) is 0 Å². The van der Waals surface area contributed by atoms with Crippen LogP contribution in [-0.2, 0) is 18.5 Å². The molecule has 2 aliphatic heterocycles. The number of nitrogens with zero attached hydrogens (tertiary/aromatic N) is 5. The summed E-state index contributed by atoms with van der Waals surface area (Å²) in [5.41, 5.74) is 4.13. The number of likely N-dealkylation sites (tertiary alicyclic amines) is 1. The predicted octanol–water partition coefficient (Wildman–Crippen LogP) is 1.94. The summed E-state index contributed by atoms with van der Waals surface area (Å²) < 4.78 is 1.93. The maximum Gasteiger partial charge on any atom is 0.257 e. The van der Waals surface area contributed by atoms with Crippen molar-refractivity contribution in [3.63, 3.8) is 0 Å². The van der Waals surface area contributed by atoms with Crippen LogP contribution in [0.25, 0.3) is 0 Å². The highest BCUT2D eigenvalue weighted by atomic mass is 16.2. The summed E-state index contributed by atoms with van der Waals surface area (Å²) in [6.07, 6.45) is 7.43. The first-order valence-corrected chi connectivity index (χ1v) is 9.62. The van der Waals surface area contributed by atoms with E-state index in [4.69, 9.17) is 0 Å². The standard InChI is InChI=1S/C19H28N6O/c1-4-8-25-14(2)15(12-22-25)18(26)24-10-6-19(7-11-24)17-16(20-13-21-17)5-9-23(19)3/h12-13H,4-11H2,1-3H3,(H,20,21). The molecule has 2 aromatic rings. The van der Waals surface area contributed by atoms with Gasteiger partial charge < -0.3 is 9.88 Å². The fourth-order valence-corrected chi connectivity index (χ4v) is 4.55. The number of carbonyl (C=O) groups is 1. The summed E-state index contributed by atoms with van der Waals surface area (Å²) in [5.74, 6) is 0.111. The molecule has 2 aliphatic rings. The molecule has 26 heavy (non-hydrogen) atoms. The van der Waals surface area contributed by atoms with Crippen LogP contribution in [0, 0.1) is 6.92 Å². The summed E-state index contributed by atoms with van der Waals surface area (Å²) in [6, 6.07) is 0. The van der Waals surface area contributed by atoms with Crippen LogP contribution in [0.4, 0.5) is 0 Å². The average molecular weight is 356 g/mol. The molecule has 1 N–H and O–H groups in total. The number of rotatable bonds is 3. The molecule has 2 aromatic heterocycles. The molecule has 0 bridgehead atoms. The summed E-state index contributed by atoms with van der Waals surface area (Å²) in [6.45, 7) is 7.52. The van der Waals surface area contributed by atoms with E-state index >= 15 is 0 Å². The highest BCUT2D eigenvalue weighted by Crippen LogP contribution is 2.41. The summed E-state index contributed by atoms with van der Waals surface area (Å²) in [5, 5.41) is 4.39. The molecule has 0 unspecified atom stereocenters. The highest BCUT2D eigenvalue weighted by Gasteiger charge is 2.45. The van der Waals surface area contributed by atoms with Gasteiger partial charge >= 0.3 is 0 Å². The van der Waals surface area contributed by atoms with E-state index in [-0.39, 0.29) is 11.4 Å². The molecular formula is C19H28N6O. The van der Waals surface area contributed by atoms with Crippen molar-refractivity contribution in [3.05, 3.63) is 35.2 Å². The van der Waals surface area contributed by atoms with E-state index < -0.39 is 0 Å². The van der Waals surface area contributed by atoms with E-state index in [1.165, 1.54) is 11.4 Å². The minimum absolute atomic E-state index is 0.0359. The lowest BCUT2D eigenvalue weighted by Gasteiger charge is -2.49. The fourth-order valence-electron chi connectivity index (χ4n) is 4.55. The summed E-state index contributed by atoms with van der Waals surface area (Å²) in [4.78, 5) is 25.4. The van der Waals surface area contributed by atoms with Gasteiger partial charge in [-0.3, -0.25) is 14.4 Å². The Labute approximate surface area is 154 Å². The molecule has 1 fully saturated rings. The number of amides is 1. The Bertz CT molecular complexity index is 799. The van der Waals surface area contributed by atoms with Gasteiger partial charge in [-0.25, -0.2) is 4.98 Å². The molecule has 4 heterocycles. The van der Waals surface area contributed by atoms with E-state index in [0.29, 0.717) is 0 Å². The van der Waals surface area contributed by atoms with Gasteiger partial charge in [-0.05, 0) is 33.2 Å². The number of aryl methyl sites for hydroxylation is 1. The van der Waals surface area contributed by atoms with Gasteiger partial charge in [0.25, 0.3) is 5.91 Å². The minimum Gasteiger partial charge on any atom is -0.348 e. The number of piperidine rings is 1. The Morgan fingerprint density at radius 2 is 2.08 bits per heavy atom. The predicted molar refractivity (Wildman–Crippen MR) is 99.0 cm³/mol. The van der Waals surface area contributed by atoms with Gasteiger partial charge in [-0.2, -0.15) is 5.10 Å². The Morgan fingerprint density at radius 3 is 2.81 bits per heavy atom.